The van der Waals surface area contributed by atoms with Gasteiger partial charge in [-0.25, -0.2) is 4.99 Å². The second kappa shape index (κ2) is 8.18. The number of rotatable bonds is 8. The van der Waals surface area contributed by atoms with Gasteiger partial charge in [-0.2, -0.15) is 0 Å². The highest BCUT2D eigenvalue weighted by atomic mass is 16.5. The van der Waals surface area contributed by atoms with Crippen LogP contribution in [0.15, 0.2) is 23.2 Å². The van der Waals surface area contributed by atoms with Crippen molar-refractivity contribution in [3.8, 4) is 5.75 Å². The average Bonchev–Trinajstić information content (AvgIpc) is 3.00. The van der Waals surface area contributed by atoms with Crippen molar-refractivity contribution < 1.29 is 19.4 Å². The SMILES string of the molecule is CN(CCCO)C(=O)CCCOc1cccc2c1CN1CC(=O)NC1=N2. The fourth-order valence-electron chi connectivity index (χ4n) is 3.01. The first kappa shape index (κ1) is 18.2. The number of fused-ring (bicyclic) bond motifs is 2. The number of amides is 2. The maximum atomic E-state index is 12.0. The summed E-state index contributed by atoms with van der Waals surface area (Å²) in [4.78, 5) is 31.5. The van der Waals surface area contributed by atoms with Gasteiger partial charge >= 0.3 is 0 Å². The van der Waals surface area contributed by atoms with Gasteiger partial charge in [0.2, 0.25) is 17.8 Å². The lowest BCUT2D eigenvalue weighted by molar-refractivity contribution is -0.130. The summed E-state index contributed by atoms with van der Waals surface area (Å²) >= 11 is 0. The minimum atomic E-state index is -0.0529. The number of nitrogens with one attached hydrogen (secondary N) is 1. The molecule has 2 aliphatic heterocycles. The lowest BCUT2D eigenvalue weighted by atomic mass is 10.1. The summed E-state index contributed by atoms with van der Waals surface area (Å²) in [7, 11) is 1.74. The highest BCUT2D eigenvalue weighted by Crippen LogP contribution is 2.34. The molecular formula is C18H24N4O4. The molecule has 3 rings (SSSR count). The van der Waals surface area contributed by atoms with E-state index in [1.54, 1.807) is 11.9 Å². The van der Waals surface area contributed by atoms with Gasteiger partial charge in [0, 0.05) is 32.2 Å². The summed E-state index contributed by atoms with van der Waals surface area (Å²) < 4.78 is 5.88. The number of ether oxygens (including phenoxy) is 1. The maximum Gasteiger partial charge on any atom is 0.246 e. The topological polar surface area (TPSA) is 94.5 Å². The van der Waals surface area contributed by atoms with E-state index < -0.39 is 0 Å². The van der Waals surface area contributed by atoms with Crippen LogP contribution in [0, 0.1) is 0 Å². The fraction of sp³-hybridized carbons (Fsp3) is 0.500. The van der Waals surface area contributed by atoms with Gasteiger partial charge in [0.05, 0.1) is 18.8 Å². The van der Waals surface area contributed by atoms with Crippen molar-refractivity contribution >= 4 is 23.5 Å². The van der Waals surface area contributed by atoms with E-state index in [4.69, 9.17) is 9.84 Å². The van der Waals surface area contributed by atoms with Crippen LogP contribution in [0.5, 0.6) is 5.75 Å². The van der Waals surface area contributed by atoms with Crippen LogP contribution in [0.2, 0.25) is 0 Å². The third-order valence-corrected chi connectivity index (χ3v) is 4.44. The molecule has 2 aliphatic rings. The van der Waals surface area contributed by atoms with Gasteiger partial charge in [-0.05, 0) is 25.0 Å². The number of benzene rings is 1. The Morgan fingerprint density at radius 1 is 1.38 bits per heavy atom. The van der Waals surface area contributed by atoms with Crippen LogP contribution in [-0.4, -0.2) is 66.0 Å². The predicted octanol–water partition coefficient (Wildman–Crippen LogP) is 0.619. The fourth-order valence-corrected chi connectivity index (χ4v) is 3.01. The van der Waals surface area contributed by atoms with E-state index in [0.29, 0.717) is 51.5 Å². The molecule has 2 N–H and O–H groups in total. The molecule has 1 aromatic rings. The normalized spacial score (nSPS) is 15.1. The Labute approximate surface area is 152 Å². The lowest BCUT2D eigenvalue weighted by Crippen LogP contribution is -2.32. The molecule has 0 aliphatic carbocycles. The van der Waals surface area contributed by atoms with Crippen molar-refractivity contribution in [3.05, 3.63) is 23.8 Å². The minimum absolute atomic E-state index is 0.0491. The molecule has 0 atom stereocenters. The average molecular weight is 360 g/mol. The molecule has 1 fully saturated rings. The molecule has 0 aromatic heterocycles. The zero-order valence-corrected chi connectivity index (χ0v) is 14.9. The number of hydrogen-bond acceptors (Lipinski definition) is 6. The molecule has 26 heavy (non-hydrogen) atoms. The van der Waals surface area contributed by atoms with E-state index in [1.165, 1.54) is 0 Å². The van der Waals surface area contributed by atoms with E-state index in [-0.39, 0.29) is 18.4 Å². The smallest absolute Gasteiger partial charge is 0.246 e. The first-order valence-corrected chi connectivity index (χ1v) is 8.81. The Balaban J connectivity index is 1.52. The molecule has 0 spiro atoms. The van der Waals surface area contributed by atoms with Gasteiger partial charge in [-0.15, -0.1) is 0 Å². The van der Waals surface area contributed by atoms with E-state index in [0.717, 1.165) is 17.0 Å². The molecule has 0 unspecified atom stereocenters. The number of guanidine groups is 1. The zero-order valence-electron chi connectivity index (χ0n) is 14.9. The summed E-state index contributed by atoms with van der Waals surface area (Å²) in [5.41, 5.74) is 1.76. The molecule has 8 heteroatoms. The van der Waals surface area contributed by atoms with Crippen LogP contribution in [-0.2, 0) is 16.1 Å². The third-order valence-electron chi connectivity index (χ3n) is 4.44. The highest BCUT2D eigenvalue weighted by Gasteiger charge is 2.30. The summed E-state index contributed by atoms with van der Waals surface area (Å²) in [6, 6.07) is 5.66. The lowest BCUT2D eigenvalue weighted by Gasteiger charge is -2.24. The third kappa shape index (κ3) is 4.13. The monoisotopic (exact) mass is 360 g/mol. The van der Waals surface area contributed by atoms with Crippen LogP contribution in [0.4, 0.5) is 5.69 Å². The van der Waals surface area contributed by atoms with E-state index in [2.05, 4.69) is 10.3 Å². The van der Waals surface area contributed by atoms with Crippen LogP contribution in [0.3, 0.4) is 0 Å². The van der Waals surface area contributed by atoms with Crippen molar-refractivity contribution in [2.45, 2.75) is 25.8 Å². The summed E-state index contributed by atoms with van der Waals surface area (Å²) in [5, 5.41) is 11.6. The number of aliphatic imine (C=N–C) groups is 1. The second-order valence-electron chi connectivity index (χ2n) is 6.44. The largest absolute Gasteiger partial charge is 0.493 e. The summed E-state index contributed by atoms with van der Waals surface area (Å²) in [6.45, 7) is 1.96. The Morgan fingerprint density at radius 3 is 3.04 bits per heavy atom. The molecule has 0 bridgehead atoms. The molecule has 140 valence electrons. The molecule has 0 saturated carbocycles. The number of nitrogens with zero attached hydrogens (tertiary/aromatic N) is 3. The van der Waals surface area contributed by atoms with E-state index >= 15 is 0 Å². The molecule has 2 amide bonds. The van der Waals surface area contributed by atoms with E-state index in [9.17, 15) is 9.59 Å². The summed E-state index contributed by atoms with van der Waals surface area (Å²) in [6.07, 6.45) is 1.61. The molecule has 1 aromatic carbocycles. The highest BCUT2D eigenvalue weighted by molar-refractivity contribution is 6.05. The second-order valence-corrected chi connectivity index (χ2v) is 6.44. The number of aliphatic hydroxyl groups excluding tert-OH is 1. The van der Waals surface area contributed by atoms with Gasteiger partial charge in [0.1, 0.15) is 12.3 Å². The number of aliphatic hydroxyl groups is 1. The van der Waals surface area contributed by atoms with Gasteiger partial charge in [0.25, 0.3) is 0 Å². The first-order valence-electron chi connectivity index (χ1n) is 8.81. The Hall–Kier alpha value is -2.61. The van der Waals surface area contributed by atoms with Crippen molar-refractivity contribution in [3.63, 3.8) is 0 Å². The minimum Gasteiger partial charge on any atom is -0.493 e. The Morgan fingerprint density at radius 2 is 2.23 bits per heavy atom. The van der Waals surface area contributed by atoms with Gasteiger partial charge in [-0.1, -0.05) is 6.07 Å². The molecular weight excluding hydrogens is 336 g/mol. The van der Waals surface area contributed by atoms with Crippen LogP contribution < -0.4 is 10.1 Å². The van der Waals surface area contributed by atoms with Gasteiger partial charge < -0.3 is 19.6 Å². The quantitative estimate of drug-likeness (QED) is 0.663. The van der Waals surface area contributed by atoms with Crippen molar-refractivity contribution in [2.24, 2.45) is 4.99 Å². The Bertz CT molecular complexity index is 719. The van der Waals surface area contributed by atoms with Crippen molar-refractivity contribution in [1.82, 2.24) is 15.1 Å². The molecule has 0 radical (unpaired) electrons. The van der Waals surface area contributed by atoms with Gasteiger partial charge in [-0.3, -0.25) is 14.9 Å². The maximum absolute atomic E-state index is 12.0. The van der Waals surface area contributed by atoms with Crippen molar-refractivity contribution in [1.29, 1.82) is 0 Å². The Kier molecular flexibility index (Phi) is 5.72. The number of carbonyl (C=O) groups excluding carboxylic acids is 2. The van der Waals surface area contributed by atoms with Gasteiger partial charge in [0.15, 0.2) is 0 Å². The van der Waals surface area contributed by atoms with Crippen LogP contribution >= 0.6 is 0 Å². The first-order chi connectivity index (χ1) is 12.6. The zero-order chi connectivity index (χ0) is 18.5. The standard InChI is InChI=1S/C18H24N4O4/c1-21(8-4-9-23)17(25)7-3-10-26-15-6-2-5-14-13(15)11-22-12-16(24)20-18(22)19-14/h2,5-6,23H,3-4,7-12H2,1H3,(H,19,20,24). The van der Waals surface area contributed by atoms with Crippen LogP contribution in [0.1, 0.15) is 24.8 Å². The van der Waals surface area contributed by atoms with Crippen LogP contribution in [0.25, 0.3) is 0 Å². The molecule has 1 saturated heterocycles. The molecule has 8 nitrogen and oxygen atoms in total. The molecule has 2 heterocycles. The van der Waals surface area contributed by atoms with E-state index in [1.807, 2.05) is 23.1 Å². The summed E-state index contributed by atoms with van der Waals surface area (Å²) in [5.74, 6) is 1.33. The number of hydrogen-bond donors (Lipinski definition) is 2. The predicted molar refractivity (Wildman–Crippen MR) is 96.2 cm³/mol. The number of carbonyl (C=O) groups is 2. The van der Waals surface area contributed by atoms with Crippen molar-refractivity contribution in [2.75, 3.05) is 33.4 Å².